The van der Waals surface area contributed by atoms with Gasteiger partial charge in [0.25, 0.3) is 0 Å². The number of rotatable bonds is 6. The van der Waals surface area contributed by atoms with Crippen LogP contribution in [0.2, 0.25) is 0 Å². The first-order valence-corrected chi connectivity index (χ1v) is 5.61. The molecular weight excluding hydrogens is 234 g/mol. The second-order valence-electron chi connectivity index (χ2n) is 3.69. The Labute approximate surface area is 106 Å². The van der Waals surface area contributed by atoms with Crippen LogP contribution in [0.1, 0.15) is 23.7 Å². The lowest BCUT2D eigenvalue weighted by Crippen LogP contribution is -2.20. The molecule has 0 aromatic heterocycles. The van der Waals surface area contributed by atoms with E-state index in [0.717, 1.165) is 0 Å². The molecule has 18 heavy (non-hydrogen) atoms. The van der Waals surface area contributed by atoms with Gasteiger partial charge in [0.05, 0.1) is 20.1 Å². The lowest BCUT2D eigenvalue weighted by molar-refractivity contribution is -0.121. The van der Waals surface area contributed by atoms with Gasteiger partial charge in [-0.05, 0) is 25.1 Å². The molecule has 1 N–H and O–H groups in total. The number of nitrogens with one attached hydrogen (secondary N) is 1. The van der Waals surface area contributed by atoms with Crippen molar-refractivity contribution in [3.05, 3.63) is 23.8 Å². The van der Waals surface area contributed by atoms with Gasteiger partial charge in [-0.15, -0.1) is 0 Å². The molecule has 0 aliphatic heterocycles. The molecule has 0 saturated carbocycles. The van der Waals surface area contributed by atoms with Crippen molar-refractivity contribution in [1.29, 1.82) is 0 Å². The normalized spacial score (nSPS) is 9.72. The summed E-state index contributed by atoms with van der Waals surface area (Å²) in [7, 11) is 3.08. The van der Waals surface area contributed by atoms with Crippen LogP contribution in [0, 0.1) is 0 Å². The number of amides is 1. The van der Waals surface area contributed by atoms with E-state index in [4.69, 9.17) is 9.47 Å². The molecule has 0 heterocycles. The molecule has 0 aliphatic carbocycles. The maximum atomic E-state index is 11.2. The summed E-state index contributed by atoms with van der Waals surface area (Å²) in [5.41, 5.74) is 0.561. The number of carbonyl (C=O) groups excluding carboxylic acids is 2. The monoisotopic (exact) mass is 251 g/mol. The average Bonchev–Trinajstić information content (AvgIpc) is 2.38. The Morgan fingerprint density at radius 3 is 2.56 bits per heavy atom. The first-order valence-electron chi connectivity index (χ1n) is 5.61. The third-order valence-electron chi connectivity index (χ3n) is 2.44. The lowest BCUT2D eigenvalue weighted by Gasteiger charge is -2.11. The zero-order valence-electron chi connectivity index (χ0n) is 10.8. The molecule has 0 radical (unpaired) electrons. The zero-order valence-corrected chi connectivity index (χ0v) is 10.8. The van der Waals surface area contributed by atoms with E-state index in [1.165, 1.54) is 14.0 Å². The molecule has 0 atom stereocenters. The first kappa shape index (κ1) is 14.0. The highest BCUT2D eigenvalue weighted by molar-refractivity contribution is 5.94. The Morgan fingerprint density at radius 1 is 1.28 bits per heavy atom. The van der Waals surface area contributed by atoms with E-state index in [0.29, 0.717) is 17.1 Å². The summed E-state index contributed by atoms with van der Waals surface area (Å²) in [6.07, 6.45) is 0.272. The lowest BCUT2D eigenvalue weighted by atomic mass is 10.1. The van der Waals surface area contributed by atoms with E-state index in [1.54, 1.807) is 25.2 Å². The van der Waals surface area contributed by atoms with Crippen LogP contribution in [-0.2, 0) is 4.79 Å². The summed E-state index contributed by atoms with van der Waals surface area (Å²) in [6.45, 7) is 1.75. The predicted octanol–water partition coefficient (Wildman–Crippen LogP) is 1.41. The third-order valence-corrected chi connectivity index (χ3v) is 2.44. The van der Waals surface area contributed by atoms with E-state index in [2.05, 4.69) is 5.32 Å². The van der Waals surface area contributed by atoms with E-state index in [9.17, 15) is 9.59 Å². The van der Waals surface area contributed by atoms with Gasteiger partial charge in [-0.1, -0.05) is 0 Å². The Hall–Kier alpha value is -2.04. The molecule has 0 bridgehead atoms. The van der Waals surface area contributed by atoms with Crippen molar-refractivity contribution in [3.63, 3.8) is 0 Å². The Bertz CT molecular complexity index is 443. The van der Waals surface area contributed by atoms with Crippen molar-refractivity contribution in [2.24, 2.45) is 0 Å². The molecule has 5 nitrogen and oxygen atoms in total. The smallest absolute Gasteiger partial charge is 0.223 e. The predicted molar refractivity (Wildman–Crippen MR) is 67.2 cm³/mol. The highest BCUT2D eigenvalue weighted by Gasteiger charge is 2.08. The van der Waals surface area contributed by atoms with Crippen molar-refractivity contribution < 1.29 is 19.1 Å². The molecule has 1 aromatic rings. The van der Waals surface area contributed by atoms with Gasteiger partial charge in [-0.3, -0.25) is 9.59 Å². The summed E-state index contributed by atoms with van der Waals surface area (Å²) in [4.78, 5) is 22.3. The van der Waals surface area contributed by atoms with Crippen molar-refractivity contribution >= 4 is 11.7 Å². The van der Waals surface area contributed by atoms with Crippen LogP contribution in [0.3, 0.4) is 0 Å². The van der Waals surface area contributed by atoms with Gasteiger partial charge in [0.2, 0.25) is 5.91 Å². The number of hydrogen-bond acceptors (Lipinski definition) is 4. The molecule has 1 aromatic carbocycles. The first-order chi connectivity index (χ1) is 8.58. The zero-order chi connectivity index (χ0) is 13.5. The molecule has 0 spiro atoms. The number of ketones is 1. The number of benzene rings is 1. The fraction of sp³-hybridized carbons (Fsp3) is 0.385. The van der Waals surface area contributed by atoms with E-state index < -0.39 is 0 Å². The van der Waals surface area contributed by atoms with Crippen LogP contribution in [-0.4, -0.2) is 32.5 Å². The minimum absolute atomic E-state index is 0.0368. The molecule has 0 unspecified atom stereocenters. The average molecular weight is 251 g/mol. The van der Waals surface area contributed by atoms with Gasteiger partial charge in [0.1, 0.15) is 0 Å². The molecule has 98 valence electrons. The number of methoxy groups -OCH3 is 1. The Balaban J connectivity index is 2.71. The van der Waals surface area contributed by atoms with Crippen molar-refractivity contribution in [3.8, 4) is 11.5 Å². The number of ether oxygens (including phenoxy) is 2. The van der Waals surface area contributed by atoms with Crippen LogP contribution in [0.5, 0.6) is 11.5 Å². The maximum absolute atomic E-state index is 11.2. The molecule has 0 saturated heterocycles. The second kappa shape index (κ2) is 6.64. The summed E-state index contributed by atoms with van der Waals surface area (Å²) < 4.78 is 10.6. The summed E-state index contributed by atoms with van der Waals surface area (Å²) >= 11 is 0. The second-order valence-corrected chi connectivity index (χ2v) is 3.69. The van der Waals surface area contributed by atoms with Gasteiger partial charge < -0.3 is 14.8 Å². The van der Waals surface area contributed by atoms with Crippen molar-refractivity contribution in [2.45, 2.75) is 13.3 Å². The van der Waals surface area contributed by atoms with Crippen molar-refractivity contribution in [2.75, 3.05) is 20.8 Å². The van der Waals surface area contributed by atoms with E-state index in [1.807, 2.05) is 0 Å². The van der Waals surface area contributed by atoms with Gasteiger partial charge in [-0.2, -0.15) is 0 Å². The Morgan fingerprint density at radius 2 is 2.00 bits per heavy atom. The van der Waals surface area contributed by atoms with Gasteiger partial charge >= 0.3 is 0 Å². The van der Waals surface area contributed by atoms with E-state index in [-0.39, 0.29) is 24.7 Å². The largest absolute Gasteiger partial charge is 0.493 e. The number of hydrogen-bond donors (Lipinski definition) is 1. The standard InChI is InChI=1S/C13H17NO4/c1-9(15)10-4-5-11(12(8-10)17-3)18-7-6-13(16)14-2/h4-5,8H,6-7H2,1-3H3,(H,14,16). The highest BCUT2D eigenvalue weighted by Crippen LogP contribution is 2.28. The molecule has 0 aliphatic rings. The van der Waals surface area contributed by atoms with E-state index >= 15 is 0 Å². The van der Waals surface area contributed by atoms with Crippen LogP contribution in [0.4, 0.5) is 0 Å². The maximum Gasteiger partial charge on any atom is 0.223 e. The minimum Gasteiger partial charge on any atom is -0.493 e. The van der Waals surface area contributed by atoms with Crippen molar-refractivity contribution in [1.82, 2.24) is 5.32 Å². The topological polar surface area (TPSA) is 64.6 Å². The van der Waals surface area contributed by atoms with Gasteiger partial charge in [-0.25, -0.2) is 0 Å². The molecule has 0 fully saturated rings. The minimum atomic E-state index is -0.0886. The summed E-state index contributed by atoms with van der Waals surface area (Å²) in [6, 6.07) is 4.96. The van der Waals surface area contributed by atoms with Crippen LogP contribution in [0.15, 0.2) is 18.2 Å². The number of Topliss-reactive ketones (excluding diaryl/α,β-unsaturated/α-hetero) is 1. The molecular formula is C13H17NO4. The quantitative estimate of drug-likeness (QED) is 0.776. The highest BCUT2D eigenvalue weighted by atomic mass is 16.5. The molecule has 1 rings (SSSR count). The number of carbonyl (C=O) groups is 2. The third kappa shape index (κ3) is 3.76. The summed E-state index contributed by atoms with van der Waals surface area (Å²) in [5.74, 6) is 0.880. The fourth-order valence-electron chi connectivity index (χ4n) is 1.38. The Kier molecular flexibility index (Phi) is 5.17. The van der Waals surface area contributed by atoms with Gasteiger partial charge in [0, 0.05) is 12.6 Å². The van der Waals surface area contributed by atoms with Crippen LogP contribution >= 0.6 is 0 Å². The molecule has 1 amide bonds. The molecule has 5 heteroatoms. The SMILES string of the molecule is CNC(=O)CCOc1ccc(C(C)=O)cc1OC. The van der Waals surface area contributed by atoms with Crippen LogP contribution in [0.25, 0.3) is 0 Å². The fourth-order valence-corrected chi connectivity index (χ4v) is 1.38. The van der Waals surface area contributed by atoms with Gasteiger partial charge in [0.15, 0.2) is 17.3 Å². The van der Waals surface area contributed by atoms with Crippen LogP contribution < -0.4 is 14.8 Å². The summed E-state index contributed by atoms with van der Waals surface area (Å²) in [5, 5.41) is 2.51.